The first-order valence-electron chi connectivity index (χ1n) is 12.7. The second-order valence-electron chi connectivity index (χ2n) is 9.18. The van der Waals surface area contributed by atoms with Gasteiger partial charge in [-0.25, -0.2) is 0 Å². The quantitative estimate of drug-likeness (QED) is 0.339. The highest BCUT2D eigenvalue weighted by atomic mass is 16.5. The van der Waals surface area contributed by atoms with Gasteiger partial charge in [0, 0.05) is 30.8 Å². The Labute approximate surface area is 224 Å². The zero-order chi connectivity index (χ0) is 27.1. The van der Waals surface area contributed by atoms with E-state index in [1.807, 2.05) is 42.5 Å². The molecule has 202 valence electrons. The Hall–Kier alpha value is -3.91. The van der Waals surface area contributed by atoms with Crippen LogP contribution in [0, 0.1) is 0 Å². The largest absolute Gasteiger partial charge is 0.493 e. The summed E-state index contributed by atoms with van der Waals surface area (Å²) in [6, 6.07) is 19.2. The van der Waals surface area contributed by atoms with Gasteiger partial charge in [-0.05, 0) is 44.1 Å². The van der Waals surface area contributed by atoms with Crippen LogP contribution in [0.2, 0.25) is 0 Å². The molecular weight excluding hydrogens is 484 g/mol. The van der Waals surface area contributed by atoms with Crippen molar-refractivity contribution >= 4 is 5.91 Å². The first-order valence-corrected chi connectivity index (χ1v) is 12.7. The summed E-state index contributed by atoms with van der Waals surface area (Å²) in [5.41, 5.74) is 2.57. The molecule has 1 heterocycles. The monoisotopic (exact) mass is 520 g/mol. The Bertz CT molecular complexity index is 1230. The SMILES string of the molecule is COc1ccc(CCN(C)CCCN2C(=O)c3cc(OC)c(OC)cc3OC2c2ccccc2)cc1OC. The summed E-state index contributed by atoms with van der Waals surface area (Å²) in [6.07, 6.45) is 1.15. The highest BCUT2D eigenvalue weighted by Gasteiger charge is 2.35. The number of carbonyl (C=O) groups excluding carboxylic acids is 1. The third-order valence-electron chi connectivity index (χ3n) is 6.75. The molecule has 1 aliphatic rings. The van der Waals surface area contributed by atoms with Gasteiger partial charge in [0.2, 0.25) is 6.23 Å². The molecule has 0 N–H and O–H groups in total. The van der Waals surface area contributed by atoms with Gasteiger partial charge in [-0.1, -0.05) is 36.4 Å². The number of hydrogen-bond donors (Lipinski definition) is 0. The molecule has 1 atom stereocenters. The molecular formula is C30H36N2O6. The van der Waals surface area contributed by atoms with E-state index in [0.717, 1.165) is 43.0 Å². The molecule has 38 heavy (non-hydrogen) atoms. The van der Waals surface area contributed by atoms with Crippen molar-refractivity contribution in [2.24, 2.45) is 0 Å². The van der Waals surface area contributed by atoms with Gasteiger partial charge in [-0.3, -0.25) is 9.69 Å². The standard InChI is InChI=1S/C30H36N2O6/c1-31(17-14-21-12-13-24(34-2)26(18-21)35-3)15-9-16-32-29(33)23-19-27(36-4)28(37-5)20-25(23)38-30(32)22-10-7-6-8-11-22/h6-8,10-13,18-20,30H,9,14-17H2,1-5H3. The number of likely N-dealkylation sites (N-methyl/N-ethyl adjacent to an activating group) is 1. The zero-order valence-corrected chi connectivity index (χ0v) is 22.7. The summed E-state index contributed by atoms with van der Waals surface area (Å²) < 4.78 is 28.0. The maximum Gasteiger partial charge on any atom is 0.260 e. The molecule has 0 saturated heterocycles. The topological polar surface area (TPSA) is 69.7 Å². The Balaban J connectivity index is 1.43. The van der Waals surface area contributed by atoms with Gasteiger partial charge in [0.15, 0.2) is 23.0 Å². The van der Waals surface area contributed by atoms with Crippen molar-refractivity contribution in [3.05, 3.63) is 77.4 Å². The Morgan fingerprint density at radius 2 is 1.47 bits per heavy atom. The average molecular weight is 521 g/mol. The Morgan fingerprint density at radius 1 is 0.816 bits per heavy atom. The minimum atomic E-state index is -0.522. The lowest BCUT2D eigenvalue weighted by molar-refractivity contribution is 0.00710. The summed E-state index contributed by atoms with van der Waals surface area (Å²) in [5, 5.41) is 0. The van der Waals surface area contributed by atoms with Crippen LogP contribution in [0.4, 0.5) is 0 Å². The number of benzene rings is 3. The summed E-state index contributed by atoms with van der Waals surface area (Å²) in [7, 11) is 8.50. The van der Waals surface area contributed by atoms with Crippen molar-refractivity contribution < 1.29 is 28.5 Å². The lowest BCUT2D eigenvalue weighted by Gasteiger charge is -2.37. The van der Waals surface area contributed by atoms with Crippen molar-refractivity contribution in [1.82, 2.24) is 9.80 Å². The summed E-state index contributed by atoms with van der Waals surface area (Å²) in [5.74, 6) is 2.88. The molecule has 1 aliphatic heterocycles. The zero-order valence-electron chi connectivity index (χ0n) is 22.7. The number of carbonyl (C=O) groups is 1. The Kier molecular flexibility index (Phi) is 8.97. The summed E-state index contributed by atoms with van der Waals surface area (Å²) in [4.78, 5) is 17.7. The first kappa shape index (κ1) is 27.1. The number of rotatable bonds is 12. The van der Waals surface area contributed by atoms with Crippen molar-refractivity contribution in [2.75, 3.05) is 55.1 Å². The van der Waals surface area contributed by atoms with E-state index in [0.29, 0.717) is 29.4 Å². The summed E-state index contributed by atoms with van der Waals surface area (Å²) >= 11 is 0. The molecule has 0 aromatic heterocycles. The molecule has 0 spiro atoms. The maximum absolute atomic E-state index is 13.7. The number of amides is 1. The molecule has 1 unspecified atom stereocenters. The van der Waals surface area contributed by atoms with Crippen LogP contribution in [-0.4, -0.2) is 70.8 Å². The number of fused-ring (bicyclic) bond motifs is 1. The van der Waals surface area contributed by atoms with Crippen LogP contribution in [0.25, 0.3) is 0 Å². The van der Waals surface area contributed by atoms with Crippen LogP contribution in [0.3, 0.4) is 0 Å². The van der Waals surface area contributed by atoms with E-state index >= 15 is 0 Å². The molecule has 0 aliphatic carbocycles. The lowest BCUT2D eigenvalue weighted by Crippen LogP contribution is -2.43. The van der Waals surface area contributed by atoms with Crippen molar-refractivity contribution in [3.8, 4) is 28.7 Å². The van der Waals surface area contributed by atoms with E-state index in [9.17, 15) is 4.79 Å². The molecule has 0 saturated carbocycles. The fourth-order valence-corrected chi connectivity index (χ4v) is 4.63. The molecule has 4 rings (SSSR count). The van der Waals surface area contributed by atoms with E-state index < -0.39 is 6.23 Å². The van der Waals surface area contributed by atoms with Crippen molar-refractivity contribution in [2.45, 2.75) is 19.1 Å². The molecule has 3 aromatic carbocycles. The van der Waals surface area contributed by atoms with Gasteiger partial charge >= 0.3 is 0 Å². The van der Waals surface area contributed by atoms with E-state index in [1.165, 1.54) is 5.56 Å². The fraction of sp³-hybridized carbons (Fsp3) is 0.367. The first-order chi connectivity index (χ1) is 18.5. The molecule has 8 heteroatoms. The minimum Gasteiger partial charge on any atom is -0.493 e. The van der Waals surface area contributed by atoms with Gasteiger partial charge in [-0.2, -0.15) is 0 Å². The predicted octanol–water partition coefficient (Wildman–Crippen LogP) is 4.82. The molecule has 8 nitrogen and oxygen atoms in total. The van der Waals surface area contributed by atoms with Gasteiger partial charge in [0.1, 0.15) is 5.75 Å². The van der Waals surface area contributed by atoms with Crippen LogP contribution in [0.1, 0.15) is 34.1 Å². The lowest BCUT2D eigenvalue weighted by atomic mass is 10.1. The smallest absolute Gasteiger partial charge is 0.260 e. The highest BCUT2D eigenvalue weighted by molar-refractivity contribution is 5.99. The minimum absolute atomic E-state index is 0.0889. The van der Waals surface area contributed by atoms with E-state index in [1.54, 1.807) is 45.5 Å². The van der Waals surface area contributed by atoms with E-state index in [-0.39, 0.29) is 5.91 Å². The van der Waals surface area contributed by atoms with Crippen LogP contribution >= 0.6 is 0 Å². The fourth-order valence-electron chi connectivity index (χ4n) is 4.63. The third kappa shape index (κ3) is 5.97. The average Bonchev–Trinajstić information content (AvgIpc) is 2.96. The van der Waals surface area contributed by atoms with Crippen LogP contribution in [0.5, 0.6) is 28.7 Å². The molecule has 0 bridgehead atoms. The third-order valence-corrected chi connectivity index (χ3v) is 6.75. The number of nitrogens with zero attached hydrogens (tertiary/aromatic N) is 2. The number of ether oxygens (including phenoxy) is 5. The Morgan fingerprint density at radius 3 is 2.16 bits per heavy atom. The maximum atomic E-state index is 13.7. The van der Waals surface area contributed by atoms with Crippen molar-refractivity contribution in [1.29, 1.82) is 0 Å². The predicted molar refractivity (Wildman–Crippen MR) is 146 cm³/mol. The van der Waals surface area contributed by atoms with Crippen LogP contribution in [-0.2, 0) is 6.42 Å². The molecule has 1 amide bonds. The van der Waals surface area contributed by atoms with Gasteiger partial charge in [-0.15, -0.1) is 0 Å². The summed E-state index contributed by atoms with van der Waals surface area (Å²) in [6.45, 7) is 2.26. The molecule has 3 aromatic rings. The second kappa shape index (κ2) is 12.6. The highest BCUT2D eigenvalue weighted by Crippen LogP contribution is 2.41. The van der Waals surface area contributed by atoms with Crippen LogP contribution in [0.15, 0.2) is 60.7 Å². The van der Waals surface area contributed by atoms with Crippen LogP contribution < -0.4 is 23.7 Å². The second-order valence-corrected chi connectivity index (χ2v) is 9.18. The van der Waals surface area contributed by atoms with E-state index in [4.69, 9.17) is 23.7 Å². The van der Waals surface area contributed by atoms with E-state index in [2.05, 4.69) is 18.0 Å². The molecule has 0 radical (unpaired) electrons. The number of methoxy groups -OCH3 is 4. The normalized spacial score (nSPS) is 14.6. The van der Waals surface area contributed by atoms with Gasteiger partial charge < -0.3 is 28.6 Å². The van der Waals surface area contributed by atoms with Gasteiger partial charge in [0.05, 0.1) is 34.0 Å². The van der Waals surface area contributed by atoms with Crippen molar-refractivity contribution in [3.63, 3.8) is 0 Å². The number of hydrogen-bond acceptors (Lipinski definition) is 7. The molecule has 0 fully saturated rings. The van der Waals surface area contributed by atoms with Gasteiger partial charge in [0.25, 0.3) is 5.91 Å².